The minimum absolute atomic E-state index is 0.00951. The average Bonchev–Trinajstić information content (AvgIpc) is 3.41. The zero-order valence-electron chi connectivity index (χ0n) is 17.3. The van der Waals surface area contributed by atoms with Gasteiger partial charge in [0.1, 0.15) is 10.7 Å². The van der Waals surface area contributed by atoms with Gasteiger partial charge in [-0.25, -0.2) is 24.0 Å². The van der Waals surface area contributed by atoms with Crippen molar-refractivity contribution in [1.82, 2.24) is 34.6 Å². The lowest BCUT2D eigenvalue weighted by atomic mass is 9.98. The summed E-state index contributed by atoms with van der Waals surface area (Å²) in [4.78, 5) is 20.7. The molecule has 0 radical (unpaired) electrons. The van der Waals surface area contributed by atoms with Crippen molar-refractivity contribution in [2.45, 2.75) is 32.4 Å². The van der Waals surface area contributed by atoms with Gasteiger partial charge in [-0.3, -0.25) is 0 Å². The van der Waals surface area contributed by atoms with Crippen molar-refractivity contribution >= 4 is 34.7 Å². The van der Waals surface area contributed by atoms with Crippen LogP contribution in [-0.2, 0) is 6.18 Å². The van der Waals surface area contributed by atoms with E-state index in [9.17, 15) is 18.0 Å². The molecule has 0 saturated carbocycles. The summed E-state index contributed by atoms with van der Waals surface area (Å²) in [7, 11) is 0. The Kier molecular flexibility index (Phi) is 5.89. The number of aromatic nitrogens is 7. The lowest BCUT2D eigenvalue weighted by molar-refractivity contribution is -0.137. The molecule has 0 aliphatic heterocycles. The Morgan fingerprint density at radius 2 is 2.06 bits per heavy atom. The van der Waals surface area contributed by atoms with Gasteiger partial charge in [-0.15, -0.1) is 5.10 Å². The number of alkyl halides is 3. The summed E-state index contributed by atoms with van der Waals surface area (Å²) in [6.45, 7) is 3.92. The van der Waals surface area contributed by atoms with Gasteiger partial charge in [-0.1, -0.05) is 30.7 Å². The maximum atomic E-state index is 13.6. The maximum absolute atomic E-state index is 13.6. The van der Waals surface area contributed by atoms with Crippen LogP contribution in [0.1, 0.15) is 37.3 Å². The van der Waals surface area contributed by atoms with Crippen LogP contribution in [-0.4, -0.2) is 40.6 Å². The molecular formula is C19H17ClF3N9O. The number of imidazole rings is 1. The summed E-state index contributed by atoms with van der Waals surface area (Å²) in [5, 5.41) is 16.5. The molecular weight excluding hydrogens is 463 g/mol. The van der Waals surface area contributed by atoms with E-state index < -0.39 is 23.6 Å². The van der Waals surface area contributed by atoms with Crippen LogP contribution in [0.5, 0.6) is 0 Å². The number of hydrogen-bond donors (Lipinski definition) is 2. The lowest BCUT2D eigenvalue weighted by Crippen LogP contribution is -2.22. The Labute approximate surface area is 189 Å². The predicted octanol–water partition coefficient (Wildman–Crippen LogP) is 4.53. The van der Waals surface area contributed by atoms with E-state index in [4.69, 9.17) is 11.6 Å². The number of urea groups is 1. The molecule has 0 aliphatic rings. The average molecular weight is 480 g/mol. The molecule has 0 spiro atoms. The summed E-state index contributed by atoms with van der Waals surface area (Å²) in [5.41, 5.74) is 0.295. The van der Waals surface area contributed by atoms with Crippen molar-refractivity contribution in [2.75, 3.05) is 10.6 Å². The van der Waals surface area contributed by atoms with Crippen LogP contribution in [0.4, 0.5) is 29.3 Å². The highest BCUT2D eigenvalue weighted by Gasteiger charge is 2.36. The third kappa shape index (κ3) is 4.58. The predicted molar refractivity (Wildman–Crippen MR) is 114 cm³/mol. The number of carbonyl (C=O) groups excluding carboxylic acids is 1. The Bertz CT molecular complexity index is 1300. The van der Waals surface area contributed by atoms with E-state index in [-0.39, 0.29) is 16.8 Å². The number of rotatable bonds is 5. The fourth-order valence-corrected chi connectivity index (χ4v) is 3.41. The minimum atomic E-state index is -4.74. The van der Waals surface area contributed by atoms with Crippen molar-refractivity contribution in [3.8, 4) is 5.82 Å². The molecule has 172 valence electrons. The molecule has 0 aliphatic carbocycles. The largest absolute Gasteiger partial charge is 0.420 e. The first-order chi connectivity index (χ1) is 15.7. The van der Waals surface area contributed by atoms with Gasteiger partial charge in [0, 0.05) is 5.56 Å². The van der Waals surface area contributed by atoms with Gasteiger partial charge in [-0.05, 0) is 18.4 Å². The molecule has 0 aromatic carbocycles. The first-order valence-corrected chi connectivity index (χ1v) is 10.1. The van der Waals surface area contributed by atoms with Crippen LogP contribution in [0.3, 0.4) is 0 Å². The van der Waals surface area contributed by atoms with Gasteiger partial charge < -0.3 is 10.6 Å². The Hall–Kier alpha value is -3.74. The number of nitrogens with one attached hydrogen (secondary N) is 2. The van der Waals surface area contributed by atoms with E-state index in [2.05, 4.69) is 36.0 Å². The van der Waals surface area contributed by atoms with Crippen LogP contribution >= 0.6 is 11.6 Å². The number of carbonyl (C=O) groups is 1. The fraction of sp³-hybridized carbons (Fsp3) is 0.263. The van der Waals surface area contributed by atoms with E-state index >= 15 is 0 Å². The Morgan fingerprint density at radius 1 is 1.27 bits per heavy atom. The Balaban J connectivity index is 1.63. The van der Waals surface area contributed by atoms with Crippen LogP contribution < -0.4 is 10.6 Å². The smallest absolute Gasteiger partial charge is 0.306 e. The highest BCUT2D eigenvalue weighted by molar-refractivity contribution is 6.29. The number of amides is 2. The van der Waals surface area contributed by atoms with Crippen molar-refractivity contribution in [3.63, 3.8) is 0 Å². The second-order valence-electron chi connectivity index (χ2n) is 7.13. The van der Waals surface area contributed by atoms with Crippen molar-refractivity contribution < 1.29 is 18.0 Å². The molecule has 4 aromatic rings. The van der Waals surface area contributed by atoms with Crippen LogP contribution in [0.15, 0.2) is 37.1 Å². The number of fused-ring (bicyclic) bond motifs is 1. The number of pyridine rings is 1. The third-order valence-corrected chi connectivity index (χ3v) is 5.11. The molecule has 2 N–H and O–H groups in total. The summed E-state index contributed by atoms with van der Waals surface area (Å²) in [6.07, 6.45) is 2.53. The molecule has 10 nitrogen and oxygen atoms in total. The summed E-state index contributed by atoms with van der Waals surface area (Å²) in [5.74, 6) is -0.472. The van der Waals surface area contributed by atoms with E-state index in [1.807, 2.05) is 13.8 Å². The minimum Gasteiger partial charge on any atom is -0.306 e. The zero-order chi connectivity index (χ0) is 23.8. The van der Waals surface area contributed by atoms with Gasteiger partial charge in [0.2, 0.25) is 0 Å². The van der Waals surface area contributed by atoms with E-state index in [0.29, 0.717) is 16.9 Å². The number of anilines is 2. The molecule has 1 unspecified atom stereocenters. The molecule has 2 amide bonds. The topological polar surface area (TPSA) is 115 Å². The van der Waals surface area contributed by atoms with E-state index in [1.54, 1.807) is 0 Å². The normalized spacial score (nSPS) is 12.7. The molecule has 33 heavy (non-hydrogen) atoms. The quantitative estimate of drug-likeness (QED) is 0.434. The summed E-state index contributed by atoms with van der Waals surface area (Å²) < 4.78 is 43.1. The highest BCUT2D eigenvalue weighted by atomic mass is 35.5. The summed E-state index contributed by atoms with van der Waals surface area (Å²) in [6, 6.07) is 0.00132. The lowest BCUT2D eigenvalue weighted by Gasteiger charge is -2.17. The molecule has 0 fully saturated rings. The number of nitrogens with zero attached hydrogens (tertiary/aromatic N) is 7. The van der Waals surface area contributed by atoms with Gasteiger partial charge in [0.15, 0.2) is 11.5 Å². The molecule has 4 rings (SSSR count). The second-order valence-corrected chi connectivity index (χ2v) is 7.52. The van der Waals surface area contributed by atoms with Crippen molar-refractivity contribution in [2.24, 2.45) is 0 Å². The Morgan fingerprint density at radius 3 is 2.73 bits per heavy atom. The van der Waals surface area contributed by atoms with E-state index in [0.717, 1.165) is 23.4 Å². The standard InChI is InChI=1S/C19H17ClF3N9O/c1-3-10(2)15-13(8-26-32-9-14(20)29-17(15)32)28-18(33)27-11-6-12(19(21,22)23)16(24-7-11)31-5-4-25-30-31/h4-10H,3H2,1-2H3,(H2,27,28,33). The third-order valence-electron chi connectivity index (χ3n) is 4.92. The molecule has 14 heteroatoms. The van der Waals surface area contributed by atoms with Crippen LogP contribution in [0, 0.1) is 0 Å². The van der Waals surface area contributed by atoms with Gasteiger partial charge >= 0.3 is 12.2 Å². The number of hydrogen-bond acceptors (Lipinski definition) is 6. The second kappa shape index (κ2) is 8.65. The maximum Gasteiger partial charge on any atom is 0.420 e. The van der Waals surface area contributed by atoms with Crippen LogP contribution in [0.25, 0.3) is 11.5 Å². The van der Waals surface area contributed by atoms with Gasteiger partial charge in [-0.2, -0.15) is 18.3 Å². The monoisotopic (exact) mass is 479 g/mol. The molecule has 4 aromatic heterocycles. The molecule has 0 bridgehead atoms. The number of halogens is 4. The molecule has 4 heterocycles. The SMILES string of the molecule is CCC(C)c1c(NC(=O)Nc2cnc(-n3ccnn3)c(C(F)(F)F)c2)cnn2cc(Cl)nc12. The zero-order valence-corrected chi connectivity index (χ0v) is 18.1. The van der Waals surface area contributed by atoms with E-state index in [1.165, 1.54) is 29.3 Å². The van der Waals surface area contributed by atoms with Gasteiger partial charge in [0.25, 0.3) is 0 Å². The van der Waals surface area contributed by atoms with Crippen molar-refractivity contribution in [1.29, 1.82) is 0 Å². The van der Waals surface area contributed by atoms with Gasteiger partial charge in [0.05, 0.1) is 42.4 Å². The highest BCUT2D eigenvalue weighted by Crippen LogP contribution is 2.34. The first kappa shape index (κ1) is 22.5. The molecule has 0 saturated heterocycles. The summed E-state index contributed by atoms with van der Waals surface area (Å²) >= 11 is 5.99. The first-order valence-electron chi connectivity index (χ1n) is 9.73. The van der Waals surface area contributed by atoms with Crippen molar-refractivity contribution in [3.05, 3.63) is 53.3 Å². The fourth-order valence-electron chi connectivity index (χ4n) is 3.24. The van der Waals surface area contributed by atoms with Crippen LogP contribution in [0.2, 0.25) is 5.15 Å². The molecule has 1 atom stereocenters.